The van der Waals surface area contributed by atoms with E-state index in [9.17, 15) is 9.90 Å². The predicted octanol–water partition coefficient (Wildman–Crippen LogP) is 2.78. The first kappa shape index (κ1) is 15.9. The molecule has 0 aliphatic heterocycles. The number of urea groups is 1. The lowest BCUT2D eigenvalue weighted by Crippen LogP contribution is -2.30. The number of aliphatic hydroxyl groups is 1. The average molecular weight is 326 g/mol. The van der Waals surface area contributed by atoms with Gasteiger partial charge in [-0.2, -0.15) is 0 Å². The molecule has 1 atom stereocenters. The summed E-state index contributed by atoms with van der Waals surface area (Å²) < 4.78 is 5.71. The van der Waals surface area contributed by atoms with Crippen LogP contribution in [0.3, 0.4) is 0 Å². The maximum atomic E-state index is 11.8. The quantitative estimate of drug-likeness (QED) is 0.669. The third-order valence-corrected chi connectivity index (χ3v) is 3.38. The van der Waals surface area contributed by atoms with E-state index in [2.05, 4.69) is 20.6 Å². The summed E-state index contributed by atoms with van der Waals surface area (Å²) in [7, 11) is 0. The van der Waals surface area contributed by atoms with Crippen LogP contribution in [0.1, 0.15) is 13.3 Å². The van der Waals surface area contributed by atoms with Crippen LogP contribution in [-0.4, -0.2) is 33.8 Å². The number of hydrogen-bond acceptors (Lipinski definition) is 5. The van der Waals surface area contributed by atoms with Gasteiger partial charge < -0.3 is 20.2 Å². The number of pyridine rings is 1. The van der Waals surface area contributed by atoms with Gasteiger partial charge in [-0.25, -0.2) is 9.78 Å². The molecule has 2 aromatic heterocycles. The van der Waals surface area contributed by atoms with E-state index < -0.39 is 6.10 Å². The number of nitrogens with one attached hydrogen (secondary N) is 2. The number of anilines is 1. The molecule has 2 heterocycles. The zero-order valence-corrected chi connectivity index (χ0v) is 13.2. The van der Waals surface area contributed by atoms with Gasteiger partial charge in [-0.1, -0.05) is 6.07 Å². The van der Waals surface area contributed by atoms with Crippen molar-refractivity contribution in [3.05, 3.63) is 42.6 Å². The molecule has 0 saturated heterocycles. The van der Waals surface area contributed by atoms with Gasteiger partial charge in [0.25, 0.3) is 0 Å². The number of fused-ring (bicyclic) bond motifs is 1. The molecule has 0 fully saturated rings. The number of rotatable bonds is 5. The van der Waals surface area contributed by atoms with Crippen molar-refractivity contribution in [2.75, 3.05) is 11.9 Å². The van der Waals surface area contributed by atoms with E-state index in [1.54, 1.807) is 31.3 Å². The van der Waals surface area contributed by atoms with E-state index >= 15 is 0 Å². The maximum Gasteiger partial charge on any atom is 0.319 e. The van der Waals surface area contributed by atoms with Gasteiger partial charge in [0.05, 0.1) is 6.10 Å². The van der Waals surface area contributed by atoms with Crippen LogP contribution in [0.2, 0.25) is 0 Å². The van der Waals surface area contributed by atoms with Crippen molar-refractivity contribution in [2.24, 2.45) is 0 Å². The van der Waals surface area contributed by atoms with Gasteiger partial charge in [-0.05, 0) is 37.6 Å². The summed E-state index contributed by atoms with van der Waals surface area (Å²) in [6.45, 7) is 2.08. The van der Waals surface area contributed by atoms with Crippen molar-refractivity contribution in [3.63, 3.8) is 0 Å². The highest BCUT2D eigenvalue weighted by atomic mass is 16.3. The maximum absolute atomic E-state index is 11.8. The lowest BCUT2D eigenvalue weighted by Gasteiger charge is -2.08. The van der Waals surface area contributed by atoms with Crippen molar-refractivity contribution in [2.45, 2.75) is 19.4 Å². The molecular formula is C17H18N4O3. The molecule has 3 N–H and O–H groups in total. The first-order valence-corrected chi connectivity index (χ1v) is 7.67. The Morgan fingerprint density at radius 3 is 2.96 bits per heavy atom. The second-order valence-corrected chi connectivity index (χ2v) is 5.44. The molecule has 0 unspecified atom stereocenters. The summed E-state index contributed by atoms with van der Waals surface area (Å²) in [5, 5.41) is 14.6. The minimum atomic E-state index is -0.444. The predicted molar refractivity (Wildman–Crippen MR) is 90.6 cm³/mol. The summed E-state index contributed by atoms with van der Waals surface area (Å²) in [5.74, 6) is 0.434. The van der Waals surface area contributed by atoms with E-state index in [-0.39, 0.29) is 6.03 Å². The van der Waals surface area contributed by atoms with Crippen LogP contribution in [0.15, 0.2) is 47.0 Å². The molecule has 1 aromatic carbocycles. The fourth-order valence-electron chi connectivity index (χ4n) is 2.17. The molecule has 3 aromatic rings. The Bertz CT molecular complexity index is 830. The Hall–Kier alpha value is -2.93. The average Bonchev–Trinajstić information content (AvgIpc) is 2.98. The molecular weight excluding hydrogens is 308 g/mol. The minimum absolute atomic E-state index is 0.334. The topological polar surface area (TPSA) is 100 Å². The van der Waals surface area contributed by atoms with Crippen LogP contribution in [-0.2, 0) is 0 Å². The first-order valence-electron chi connectivity index (χ1n) is 7.67. The third kappa shape index (κ3) is 3.88. The van der Waals surface area contributed by atoms with Gasteiger partial charge in [-0.3, -0.25) is 4.98 Å². The summed E-state index contributed by atoms with van der Waals surface area (Å²) in [6, 6.07) is 10.4. The van der Waals surface area contributed by atoms with Gasteiger partial charge >= 0.3 is 6.03 Å². The number of carbonyl (C=O) groups is 1. The number of aromatic nitrogens is 2. The molecule has 0 spiro atoms. The summed E-state index contributed by atoms with van der Waals surface area (Å²) in [6.07, 6.45) is 1.73. The number of carbonyl (C=O) groups excluding carboxylic acids is 1. The Kier molecular flexibility index (Phi) is 4.72. The van der Waals surface area contributed by atoms with Crippen molar-refractivity contribution < 1.29 is 14.3 Å². The van der Waals surface area contributed by atoms with Gasteiger partial charge in [0.1, 0.15) is 11.2 Å². The van der Waals surface area contributed by atoms with Crippen LogP contribution in [0.25, 0.3) is 22.7 Å². The molecule has 0 aliphatic rings. The highest BCUT2D eigenvalue weighted by Gasteiger charge is 2.10. The molecule has 7 nitrogen and oxygen atoms in total. The Morgan fingerprint density at radius 1 is 1.33 bits per heavy atom. The highest BCUT2D eigenvalue weighted by Crippen LogP contribution is 2.25. The van der Waals surface area contributed by atoms with E-state index in [4.69, 9.17) is 4.42 Å². The van der Waals surface area contributed by atoms with E-state index in [0.29, 0.717) is 41.3 Å². The molecule has 24 heavy (non-hydrogen) atoms. The van der Waals surface area contributed by atoms with Crippen molar-refractivity contribution >= 4 is 22.8 Å². The van der Waals surface area contributed by atoms with Crippen molar-refractivity contribution in [3.8, 4) is 11.6 Å². The Labute approximate surface area is 138 Å². The van der Waals surface area contributed by atoms with E-state index in [0.717, 1.165) is 0 Å². The largest absolute Gasteiger partial charge is 0.435 e. The molecule has 0 saturated carbocycles. The van der Waals surface area contributed by atoms with Crippen LogP contribution in [0, 0.1) is 0 Å². The van der Waals surface area contributed by atoms with E-state index in [1.807, 2.05) is 18.2 Å². The standard InChI is InChI=1S/C17H18N4O3/c1-11(22)7-9-19-17(23)20-12-5-6-13-15(10-12)24-16(21-13)14-4-2-3-8-18-14/h2-6,8,10-11,22H,7,9H2,1H3,(H2,19,20,23)/t11-/m1/s1. The SMILES string of the molecule is C[C@@H](O)CCNC(=O)Nc1ccc2nc(-c3ccccn3)oc2c1. The number of aliphatic hydroxyl groups excluding tert-OH is 1. The van der Waals surface area contributed by atoms with Crippen LogP contribution in [0.4, 0.5) is 10.5 Å². The molecule has 0 aliphatic carbocycles. The Balaban J connectivity index is 1.71. The second-order valence-electron chi connectivity index (χ2n) is 5.44. The van der Waals surface area contributed by atoms with Crippen LogP contribution in [0.5, 0.6) is 0 Å². The second kappa shape index (κ2) is 7.10. The zero-order valence-electron chi connectivity index (χ0n) is 13.2. The number of amides is 2. The number of benzene rings is 1. The number of nitrogens with zero attached hydrogens (tertiary/aromatic N) is 2. The van der Waals surface area contributed by atoms with Gasteiger partial charge in [0, 0.05) is 24.5 Å². The molecule has 0 radical (unpaired) electrons. The smallest absolute Gasteiger partial charge is 0.319 e. The van der Waals surface area contributed by atoms with Gasteiger partial charge in [0.15, 0.2) is 5.58 Å². The molecule has 7 heteroatoms. The molecule has 0 bridgehead atoms. The van der Waals surface area contributed by atoms with Crippen LogP contribution < -0.4 is 10.6 Å². The van der Waals surface area contributed by atoms with Crippen molar-refractivity contribution in [1.82, 2.24) is 15.3 Å². The fraction of sp³-hybridized carbons (Fsp3) is 0.235. The summed E-state index contributed by atoms with van der Waals surface area (Å²) in [4.78, 5) is 20.4. The summed E-state index contributed by atoms with van der Waals surface area (Å²) in [5.41, 5.74) is 2.51. The summed E-state index contributed by atoms with van der Waals surface area (Å²) >= 11 is 0. The van der Waals surface area contributed by atoms with Gasteiger partial charge in [-0.15, -0.1) is 0 Å². The van der Waals surface area contributed by atoms with Crippen LogP contribution >= 0.6 is 0 Å². The van der Waals surface area contributed by atoms with E-state index in [1.165, 1.54) is 0 Å². The van der Waals surface area contributed by atoms with Crippen molar-refractivity contribution in [1.29, 1.82) is 0 Å². The lowest BCUT2D eigenvalue weighted by atomic mass is 10.3. The monoisotopic (exact) mass is 326 g/mol. The normalized spacial score (nSPS) is 12.1. The fourth-order valence-corrected chi connectivity index (χ4v) is 2.17. The minimum Gasteiger partial charge on any atom is -0.435 e. The zero-order chi connectivity index (χ0) is 16.9. The molecule has 3 rings (SSSR count). The first-order chi connectivity index (χ1) is 11.6. The highest BCUT2D eigenvalue weighted by molar-refractivity contribution is 5.91. The third-order valence-electron chi connectivity index (χ3n) is 3.38. The lowest BCUT2D eigenvalue weighted by molar-refractivity contribution is 0.184. The Morgan fingerprint density at radius 2 is 2.21 bits per heavy atom. The molecule has 124 valence electrons. The number of oxazole rings is 1. The molecule has 2 amide bonds. The number of hydrogen-bond donors (Lipinski definition) is 3. The van der Waals surface area contributed by atoms with Gasteiger partial charge in [0.2, 0.25) is 5.89 Å².